The van der Waals surface area contributed by atoms with E-state index in [9.17, 15) is 14.4 Å². The van der Waals surface area contributed by atoms with Crippen LogP contribution < -0.4 is 10.1 Å². The lowest BCUT2D eigenvalue weighted by Crippen LogP contribution is -2.25. The van der Waals surface area contributed by atoms with Crippen LogP contribution in [0.25, 0.3) is 11.0 Å². The summed E-state index contributed by atoms with van der Waals surface area (Å²) in [5.41, 5.74) is 2.90. The molecule has 3 aromatic rings. The number of ketones is 1. The molecule has 0 unspecified atom stereocenters. The zero-order valence-corrected chi connectivity index (χ0v) is 16.1. The van der Waals surface area contributed by atoms with E-state index in [-0.39, 0.29) is 12.5 Å². The highest BCUT2D eigenvalue weighted by atomic mass is 16.5. The number of ether oxygens (including phenoxy) is 2. The van der Waals surface area contributed by atoms with Gasteiger partial charge in [-0.2, -0.15) is 5.10 Å². The topological polar surface area (TPSA) is 112 Å². The maximum atomic E-state index is 12.7. The molecule has 2 aromatic heterocycles. The van der Waals surface area contributed by atoms with Crippen LogP contribution in [0.2, 0.25) is 0 Å². The number of fused-ring (bicyclic) bond motifs is 2. The lowest BCUT2D eigenvalue weighted by molar-refractivity contribution is -0.118. The van der Waals surface area contributed by atoms with Gasteiger partial charge in [-0.05, 0) is 38.1 Å². The second kappa shape index (κ2) is 7.01. The van der Waals surface area contributed by atoms with E-state index in [0.717, 1.165) is 0 Å². The van der Waals surface area contributed by atoms with Gasteiger partial charge in [-0.15, -0.1) is 0 Å². The fraction of sp³-hybridized carbons (Fsp3) is 0.250. The first-order chi connectivity index (χ1) is 13.8. The summed E-state index contributed by atoms with van der Waals surface area (Å²) in [5.74, 6) is -0.831. The van der Waals surface area contributed by atoms with Gasteiger partial charge >= 0.3 is 5.97 Å². The third-order valence-corrected chi connectivity index (χ3v) is 4.59. The van der Waals surface area contributed by atoms with Crippen LogP contribution in [0.3, 0.4) is 0 Å². The molecule has 3 heterocycles. The standard InChI is InChI=1S/C20H18N4O5/c1-10-6-13(18-11(2)23-24(3)19(18)21-10)20(27)29-8-15(25)12-4-5-16-14(7-12)22-17(26)9-28-16/h4-7H,8-9H2,1-3H3,(H,22,26). The Morgan fingerprint density at radius 1 is 1.28 bits per heavy atom. The molecule has 0 aliphatic carbocycles. The van der Waals surface area contributed by atoms with Gasteiger partial charge in [0.05, 0.1) is 22.3 Å². The third kappa shape index (κ3) is 3.42. The SMILES string of the molecule is Cc1cc(C(=O)OCC(=O)c2ccc3c(c2)NC(=O)CO3)c2c(C)nn(C)c2n1. The predicted molar refractivity (Wildman–Crippen MR) is 103 cm³/mol. The van der Waals surface area contributed by atoms with E-state index in [0.29, 0.717) is 45.0 Å². The van der Waals surface area contributed by atoms with Crippen molar-refractivity contribution in [3.8, 4) is 5.75 Å². The smallest absolute Gasteiger partial charge is 0.339 e. The zero-order chi connectivity index (χ0) is 20.7. The molecule has 0 fully saturated rings. The molecule has 0 saturated heterocycles. The number of amides is 1. The number of aromatic nitrogens is 3. The summed E-state index contributed by atoms with van der Waals surface area (Å²) in [6, 6.07) is 6.28. The molecule has 148 valence electrons. The first kappa shape index (κ1) is 18.6. The Kier molecular flexibility index (Phi) is 4.50. The molecule has 1 aliphatic heterocycles. The van der Waals surface area contributed by atoms with E-state index in [1.807, 2.05) is 0 Å². The number of pyridine rings is 1. The number of nitrogens with zero attached hydrogens (tertiary/aromatic N) is 3. The molecule has 9 heteroatoms. The van der Waals surface area contributed by atoms with E-state index in [4.69, 9.17) is 9.47 Å². The van der Waals surface area contributed by atoms with Gasteiger partial charge in [-0.3, -0.25) is 14.3 Å². The van der Waals surface area contributed by atoms with Crippen molar-refractivity contribution < 1.29 is 23.9 Å². The quantitative estimate of drug-likeness (QED) is 0.532. The van der Waals surface area contributed by atoms with Gasteiger partial charge in [0.1, 0.15) is 5.75 Å². The van der Waals surface area contributed by atoms with Gasteiger partial charge in [0, 0.05) is 18.3 Å². The van der Waals surface area contributed by atoms with Crippen molar-refractivity contribution in [3.63, 3.8) is 0 Å². The largest absolute Gasteiger partial charge is 0.482 e. The normalized spacial score (nSPS) is 12.9. The highest BCUT2D eigenvalue weighted by Crippen LogP contribution is 2.28. The minimum Gasteiger partial charge on any atom is -0.482 e. The van der Waals surface area contributed by atoms with Crippen LogP contribution in [0.5, 0.6) is 5.75 Å². The lowest BCUT2D eigenvalue weighted by atomic mass is 10.1. The maximum Gasteiger partial charge on any atom is 0.339 e. The average Bonchev–Trinajstić information content (AvgIpc) is 2.98. The number of Topliss-reactive ketones (excluding diaryl/α,β-unsaturated/α-hetero) is 1. The second-order valence-corrected chi connectivity index (χ2v) is 6.77. The van der Waals surface area contributed by atoms with Crippen molar-refractivity contribution in [2.45, 2.75) is 13.8 Å². The van der Waals surface area contributed by atoms with Crippen molar-refractivity contribution in [1.82, 2.24) is 14.8 Å². The Morgan fingerprint density at radius 3 is 2.86 bits per heavy atom. The number of hydrogen-bond acceptors (Lipinski definition) is 7. The van der Waals surface area contributed by atoms with Crippen LogP contribution in [0.4, 0.5) is 5.69 Å². The molecule has 1 amide bonds. The van der Waals surface area contributed by atoms with Crippen molar-refractivity contribution in [2.75, 3.05) is 18.5 Å². The fourth-order valence-electron chi connectivity index (χ4n) is 3.28. The summed E-state index contributed by atoms with van der Waals surface area (Å²) in [5, 5.41) is 7.54. The van der Waals surface area contributed by atoms with Crippen LogP contribution in [-0.4, -0.2) is 45.6 Å². The number of hydrogen-bond donors (Lipinski definition) is 1. The molecule has 29 heavy (non-hydrogen) atoms. The van der Waals surface area contributed by atoms with Crippen LogP contribution in [0, 0.1) is 13.8 Å². The minimum absolute atomic E-state index is 0.0640. The third-order valence-electron chi connectivity index (χ3n) is 4.59. The molecular weight excluding hydrogens is 376 g/mol. The average molecular weight is 394 g/mol. The van der Waals surface area contributed by atoms with Gasteiger partial charge < -0.3 is 14.8 Å². The van der Waals surface area contributed by atoms with Crippen LogP contribution in [0.1, 0.15) is 32.1 Å². The molecule has 1 aromatic carbocycles. The molecule has 0 spiro atoms. The van der Waals surface area contributed by atoms with E-state index < -0.39 is 18.4 Å². The van der Waals surface area contributed by atoms with E-state index in [1.165, 1.54) is 6.07 Å². The van der Waals surface area contributed by atoms with Crippen molar-refractivity contribution in [1.29, 1.82) is 0 Å². The number of benzene rings is 1. The Bertz CT molecular complexity index is 1180. The summed E-state index contributed by atoms with van der Waals surface area (Å²) in [4.78, 5) is 41.0. The van der Waals surface area contributed by atoms with Gasteiger partial charge in [0.25, 0.3) is 5.91 Å². The number of rotatable bonds is 4. The number of aryl methyl sites for hydroxylation is 3. The van der Waals surface area contributed by atoms with E-state index in [2.05, 4.69) is 15.4 Å². The molecule has 1 aliphatic rings. The number of anilines is 1. The van der Waals surface area contributed by atoms with Gasteiger partial charge in [-0.25, -0.2) is 9.78 Å². The van der Waals surface area contributed by atoms with Gasteiger partial charge in [-0.1, -0.05) is 0 Å². The van der Waals surface area contributed by atoms with Crippen LogP contribution in [-0.2, 0) is 16.6 Å². The molecule has 9 nitrogen and oxygen atoms in total. The maximum absolute atomic E-state index is 12.7. The molecule has 0 saturated carbocycles. The van der Waals surface area contributed by atoms with Crippen molar-refractivity contribution in [2.24, 2.45) is 7.05 Å². The second-order valence-electron chi connectivity index (χ2n) is 6.77. The Balaban J connectivity index is 1.53. The van der Waals surface area contributed by atoms with Crippen molar-refractivity contribution >= 4 is 34.4 Å². The summed E-state index contributed by atoms with van der Waals surface area (Å²) in [6.07, 6.45) is 0. The fourth-order valence-corrected chi connectivity index (χ4v) is 3.28. The summed E-state index contributed by atoms with van der Waals surface area (Å²) in [6.45, 7) is 3.05. The Labute approximate surface area is 165 Å². The number of carbonyl (C=O) groups excluding carboxylic acids is 3. The first-order valence-electron chi connectivity index (χ1n) is 8.91. The summed E-state index contributed by atoms with van der Waals surface area (Å²) >= 11 is 0. The highest BCUT2D eigenvalue weighted by molar-refractivity contribution is 6.06. The first-order valence-corrected chi connectivity index (χ1v) is 8.91. The Hall–Kier alpha value is -3.75. The molecule has 0 radical (unpaired) electrons. The zero-order valence-electron chi connectivity index (χ0n) is 16.1. The minimum atomic E-state index is -0.625. The van der Waals surface area contributed by atoms with E-state index >= 15 is 0 Å². The molecule has 0 atom stereocenters. The summed E-state index contributed by atoms with van der Waals surface area (Å²) in [7, 11) is 1.75. The monoisotopic (exact) mass is 394 g/mol. The Morgan fingerprint density at radius 2 is 2.07 bits per heavy atom. The van der Waals surface area contributed by atoms with Crippen LogP contribution >= 0.6 is 0 Å². The van der Waals surface area contributed by atoms with Crippen LogP contribution in [0.15, 0.2) is 24.3 Å². The predicted octanol–water partition coefficient (Wildman–Crippen LogP) is 1.96. The van der Waals surface area contributed by atoms with Gasteiger partial charge in [0.2, 0.25) is 0 Å². The van der Waals surface area contributed by atoms with E-state index in [1.54, 1.807) is 43.8 Å². The molecular formula is C20H18N4O5. The highest BCUT2D eigenvalue weighted by Gasteiger charge is 2.21. The molecule has 1 N–H and O–H groups in total. The number of nitrogens with one attached hydrogen (secondary N) is 1. The molecule has 4 rings (SSSR count). The number of esters is 1. The lowest BCUT2D eigenvalue weighted by Gasteiger charge is -2.18. The van der Waals surface area contributed by atoms with Gasteiger partial charge in [0.15, 0.2) is 24.6 Å². The van der Waals surface area contributed by atoms with Crippen molar-refractivity contribution in [3.05, 3.63) is 46.8 Å². The summed E-state index contributed by atoms with van der Waals surface area (Å²) < 4.78 is 12.1. The number of carbonyl (C=O) groups is 3. The molecule has 0 bridgehead atoms.